The Balaban J connectivity index is 1.74. The molecule has 8 heteroatoms. The van der Waals surface area contributed by atoms with Crippen LogP contribution in [0, 0.1) is 6.92 Å². The first-order chi connectivity index (χ1) is 10.7. The molecule has 0 radical (unpaired) electrons. The van der Waals surface area contributed by atoms with Crippen molar-refractivity contribution < 1.29 is 9.32 Å². The smallest absolute Gasteiger partial charge is 0.275 e. The largest absolute Gasteiger partial charge is 0.360 e. The van der Waals surface area contributed by atoms with Crippen molar-refractivity contribution in [1.29, 1.82) is 0 Å². The molecule has 3 aromatic rings. The summed E-state index contributed by atoms with van der Waals surface area (Å²) in [6, 6.07) is 6.84. The van der Waals surface area contributed by atoms with E-state index in [1.54, 1.807) is 49.8 Å². The van der Waals surface area contributed by atoms with E-state index in [9.17, 15) is 4.79 Å². The zero-order valence-corrected chi connectivity index (χ0v) is 12.4. The maximum absolute atomic E-state index is 12.1. The van der Waals surface area contributed by atoms with E-state index in [4.69, 9.17) is 4.52 Å². The number of hydrogen-bond donors (Lipinski definition) is 1. The van der Waals surface area contributed by atoms with Gasteiger partial charge in [0, 0.05) is 29.6 Å². The predicted molar refractivity (Wildman–Crippen MR) is 79.6 cm³/mol. The predicted octanol–water partition coefficient (Wildman–Crippen LogP) is 2.57. The third-order valence-corrected chi connectivity index (χ3v) is 3.47. The molecule has 0 bridgehead atoms. The molecule has 1 N–H and O–H groups in total. The lowest BCUT2D eigenvalue weighted by Crippen LogP contribution is -2.13. The van der Waals surface area contributed by atoms with Crippen LogP contribution in [-0.4, -0.2) is 26.0 Å². The van der Waals surface area contributed by atoms with Crippen LogP contribution in [0.4, 0.5) is 5.82 Å². The Morgan fingerprint density at radius 3 is 2.73 bits per heavy atom. The van der Waals surface area contributed by atoms with E-state index in [2.05, 4.69) is 25.4 Å². The summed E-state index contributed by atoms with van der Waals surface area (Å²) in [6.07, 6.45) is 4.89. The van der Waals surface area contributed by atoms with Gasteiger partial charge >= 0.3 is 0 Å². The number of pyridine rings is 1. The number of nitrogens with one attached hydrogen (secondary N) is 1. The van der Waals surface area contributed by atoms with Crippen LogP contribution < -0.4 is 5.32 Å². The van der Waals surface area contributed by atoms with E-state index in [0.29, 0.717) is 16.7 Å². The second kappa shape index (κ2) is 6.35. The molecule has 0 aliphatic rings. The Morgan fingerprint density at radius 2 is 2.00 bits per heavy atom. The molecule has 0 aliphatic heterocycles. The van der Waals surface area contributed by atoms with Gasteiger partial charge in [0.25, 0.3) is 5.91 Å². The van der Waals surface area contributed by atoms with Crippen LogP contribution in [-0.2, 0) is 0 Å². The van der Waals surface area contributed by atoms with E-state index in [-0.39, 0.29) is 11.6 Å². The van der Waals surface area contributed by atoms with E-state index in [1.165, 1.54) is 11.8 Å². The Hall–Kier alpha value is -2.74. The van der Waals surface area contributed by atoms with Gasteiger partial charge in [-0.25, -0.2) is 9.97 Å². The number of amides is 1. The van der Waals surface area contributed by atoms with E-state index >= 15 is 0 Å². The summed E-state index contributed by atoms with van der Waals surface area (Å²) < 4.78 is 4.90. The molecule has 0 saturated carbocycles. The number of anilines is 1. The molecule has 0 atom stereocenters. The minimum atomic E-state index is -0.357. The zero-order valence-electron chi connectivity index (χ0n) is 11.6. The van der Waals surface area contributed by atoms with Crippen molar-refractivity contribution >= 4 is 23.5 Å². The molecule has 3 aromatic heterocycles. The van der Waals surface area contributed by atoms with Crippen LogP contribution >= 0.6 is 11.8 Å². The molecule has 0 aliphatic carbocycles. The highest BCUT2D eigenvalue weighted by Gasteiger charge is 2.11. The fourth-order valence-corrected chi connectivity index (χ4v) is 2.39. The molecule has 22 heavy (non-hydrogen) atoms. The number of aromatic nitrogens is 4. The summed E-state index contributed by atoms with van der Waals surface area (Å²) in [6.45, 7) is 1.75. The zero-order chi connectivity index (χ0) is 15.4. The minimum Gasteiger partial charge on any atom is -0.360 e. The first-order valence-electron chi connectivity index (χ1n) is 6.36. The molecule has 0 saturated heterocycles. The van der Waals surface area contributed by atoms with Crippen molar-refractivity contribution in [3.8, 4) is 0 Å². The fourth-order valence-electron chi connectivity index (χ4n) is 1.65. The highest BCUT2D eigenvalue weighted by atomic mass is 32.2. The average molecular weight is 313 g/mol. The third-order valence-electron chi connectivity index (χ3n) is 2.58. The first-order valence-corrected chi connectivity index (χ1v) is 7.18. The van der Waals surface area contributed by atoms with Crippen LogP contribution in [0.5, 0.6) is 0 Å². The molecule has 3 heterocycles. The maximum atomic E-state index is 12.1. The molecule has 0 spiro atoms. The van der Waals surface area contributed by atoms with Crippen LogP contribution in [0.1, 0.15) is 16.2 Å². The highest BCUT2D eigenvalue weighted by molar-refractivity contribution is 7.99. The summed E-state index contributed by atoms with van der Waals surface area (Å²) in [5.74, 6) is 0.618. The highest BCUT2D eigenvalue weighted by Crippen LogP contribution is 2.24. The number of carbonyl (C=O) groups excluding carboxylic acids is 1. The van der Waals surface area contributed by atoms with Gasteiger partial charge in [-0.05, 0) is 36.9 Å². The molecule has 7 nitrogen and oxygen atoms in total. The number of aryl methyl sites for hydroxylation is 1. The molecule has 0 aromatic carbocycles. The first kappa shape index (κ1) is 14.2. The summed E-state index contributed by atoms with van der Waals surface area (Å²) in [7, 11) is 0. The third kappa shape index (κ3) is 3.47. The van der Waals surface area contributed by atoms with Crippen LogP contribution in [0.3, 0.4) is 0 Å². The topological polar surface area (TPSA) is 93.8 Å². The lowest BCUT2D eigenvalue weighted by molar-refractivity contribution is 0.102. The van der Waals surface area contributed by atoms with Crippen molar-refractivity contribution in [1.82, 2.24) is 20.1 Å². The number of hydrogen-bond acceptors (Lipinski definition) is 7. The lowest BCUT2D eigenvalue weighted by atomic mass is 10.3. The molecule has 3 rings (SSSR count). The van der Waals surface area contributed by atoms with Crippen molar-refractivity contribution in [2.75, 3.05) is 5.32 Å². The second-order valence-corrected chi connectivity index (χ2v) is 5.33. The van der Waals surface area contributed by atoms with Crippen LogP contribution in [0.15, 0.2) is 57.4 Å². The minimum absolute atomic E-state index is 0.279. The Morgan fingerprint density at radius 1 is 1.18 bits per heavy atom. The van der Waals surface area contributed by atoms with Crippen molar-refractivity contribution in [2.45, 2.75) is 17.0 Å². The van der Waals surface area contributed by atoms with Gasteiger partial charge in [-0.3, -0.25) is 9.78 Å². The molecule has 0 fully saturated rings. The van der Waals surface area contributed by atoms with Crippen molar-refractivity contribution in [2.24, 2.45) is 0 Å². The van der Waals surface area contributed by atoms with E-state index < -0.39 is 0 Å². The van der Waals surface area contributed by atoms with Gasteiger partial charge in [0.1, 0.15) is 11.5 Å². The summed E-state index contributed by atoms with van der Waals surface area (Å²) in [4.78, 5) is 25.3. The van der Waals surface area contributed by atoms with Crippen LogP contribution in [0.25, 0.3) is 0 Å². The lowest BCUT2D eigenvalue weighted by Gasteiger charge is -2.03. The van der Waals surface area contributed by atoms with Gasteiger partial charge in [-0.2, -0.15) is 0 Å². The molecule has 0 unspecified atom stereocenters. The quantitative estimate of drug-likeness (QED) is 0.740. The van der Waals surface area contributed by atoms with Crippen LogP contribution in [0.2, 0.25) is 0 Å². The molecular weight excluding hydrogens is 302 g/mol. The van der Waals surface area contributed by atoms with Gasteiger partial charge in [-0.1, -0.05) is 5.16 Å². The van der Waals surface area contributed by atoms with Gasteiger partial charge in [0.2, 0.25) is 0 Å². The maximum Gasteiger partial charge on any atom is 0.275 e. The fraction of sp³-hybridized carbons (Fsp3) is 0.0714. The van der Waals surface area contributed by atoms with Crippen molar-refractivity contribution in [3.63, 3.8) is 0 Å². The van der Waals surface area contributed by atoms with Gasteiger partial charge in [0.05, 0.1) is 0 Å². The number of nitrogens with zero attached hydrogens (tertiary/aromatic N) is 4. The molecule has 1 amide bonds. The number of rotatable bonds is 4. The summed E-state index contributed by atoms with van der Waals surface area (Å²) >= 11 is 1.35. The number of carbonyl (C=O) groups is 1. The monoisotopic (exact) mass is 313 g/mol. The summed E-state index contributed by atoms with van der Waals surface area (Å²) in [5, 5.41) is 6.94. The van der Waals surface area contributed by atoms with Gasteiger partial charge in [-0.15, -0.1) is 0 Å². The Kier molecular flexibility index (Phi) is 4.10. The van der Waals surface area contributed by atoms with Gasteiger partial charge < -0.3 is 9.84 Å². The van der Waals surface area contributed by atoms with Crippen molar-refractivity contribution in [3.05, 3.63) is 54.3 Å². The SMILES string of the molecule is Cc1cc(NC(=O)c2cc(Sc3ncccn3)ccn2)no1. The molecule has 110 valence electrons. The summed E-state index contributed by atoms with van der Waals surface area (Å²) in [5.41, 5.74) is 0.279. The second-order valence-electron chi connectivity index (χ2n) is 4.29. The normalized spacial score (nSPS) is 10.4. The van der Waals surface area contributed by atoms with E-state index in [0.717, 1.165) is 4.90 Å². The molecular formula is C14H11N5O2S. The Labute approximate surface area is 130 Å². The Bertz CT molecular complexity index is 791. The van der Waals surface area contributed by atoms with Gasteiger partial charge in [0.15, 0.2) is 11.0 Å². The standard InChI is InChI=1S/C14H11N5O2S/c1-9-7-12(19-21-9)18-13(20)11-8-10(3-6-15-11)22-14-16-4-2-5-17-14/h2-8H,1H3,(H,18,19,20). The van der Waals surface area contributed by atoms with E-state index in [1.807, 2.05) is 0 Å². The average Bonchev–Trinajstić information content (AvgIpc) is 2.93.